The molecule has 1 unspecified atom stereocenters. The van der Waals surface area contributed by atoms with Crippen molar-refractivity contribution in [1.29, 1.82) is 0 Å². The fourth-order valence-corrected chi connectivity index (χ4v) is 4.91. The van der Waals surface area contributed by atoms with Crippen molar-refractivity contribution in [2.75, 3.05) is 0 Å². The summed E-state index contributed by atoms with van der Waals surface area (Å²) in [5.74, 6) is 0. The largest absolute Gasteiger partial charge is 0.118 e. The Labute approximate surface area is 137 Å². The molecule has 2 aromatic rings. The van der Waals surface area contributed by atoms with Crippen LogP contribution in [0.2, 0.25) is 0 Å². The van der Waals surface area contributed by atoms with Crippen LogP contribution in [0.3, 0.4) is 0 Å². The van der Waals surface area contributed by atoms with E-state index >= 15 is 0 Å². The minimum Gasteiger partial charge on any atom is -0.118 e. The lowest BCUT2D eigenvalue weighted by Gasteiger charge is -2.32. The number of fused-ring (bicyclic) bond motifs is 1. The molecule has 22 heavy (non-hydrogen) atoms. The summed E-state index contributed by atoms with van der Waals surface area (Å²) >= 11 is 2.07. The lowest BCUT2D eigenvalue weighted by atomic mass is 9.87. The summed E-state index contributed by atoms with van der Waals surface area (Å²) in [4.78, 5) is 1.43. The van der Waals surface area contributed by atoms with Crippen molar-refractivity contribution in [3.05, 3.63) is 83.4 Å². The molecule has 2 aliphatic rings. The first kappa shape index (κ1) is 13.9. The summed E-state index contributed by atoms with van der Waals surface area (Å²) in [6.07, 6.45) is 7.72. The molecular formula is C21H20S. The number of rotatable bonds is 2. The quantitative estimate of drug-likeness (QED) is 0.639. The van der Waals surface area contributed by atoms with Crippen molar-refractivity contribution in [3.8, 4) is 0 Å². The SMILES string of the molecule is C1=C(c2ccccc2)SC2CCCCC2=C1c1ccccc1. The molecule has 0 amide bonds. The van der Waals surface area contributed by atoms with E-state index < -0.39 is 0 Å². The van der Waals surface area contributed by atoms with Crippen LogP contribution < -0.4 is 0 Å². The zero-order valence-electron chi connectivity index (χ0n) is 12.7. The summed E-state index contributed by atoms with van der Waals surface area (Å²) in [5, 5.41) is 0.671. The van der Waals surface area contributed by atoms with Crippen LogP contribution in [0.4, 0.5) is 0 Å². The normalized spacial score (nSPS) is 21.3. The van der Waals surface area contributed by atoms with Crippen molar-refractivity contribution in [2.24, 2.45) is 0 Å². The van der Waals surface area contributed by atoms with Gasteiger partial charge in [0.05, 0.1) is 0 Å². The summed E-state index contributed by atoms with van der Waals surface area (Å²) in [6, 6.07) is 21.7. The fraction of sp³-hybridized carbons (Fsp3) is 0.238. The Morgan fingerprint density at radius 1 is 0.773 bits per heavy atom. The van der Waals surface area contributed by atoms with Crippen molar-refractivity contribution >= 4 is 22.2 Å². The molecule has 110 valence electrons. The van der Waals surface area contributed by atoms with Gasteiger partial charge in [0.2, 0.25) is 0 Å². The van der Waals surface area contributed by atoms with Crippen LogP contribution in [0.15, 0.2) is 72.3 Å². The molecule has 1 aliphatic heterocycles. The van der Waals surface area contributed by atoms with Crippen LogP contribution >= 0.6 is 11.8 Å². The molecule has 0 spiro atoms. The lowest BCUT2D eigenvalue weighted by molar-refractivity contribution is 0.611. The average molecular weight is 304 g/mol. The van der Waals surface area contributed by atoms with Gasteiger partial charge in [0.25, 0.3) is 0 Å². The highest BCUT2D eigenvalue weighted by atomic mass is 32.2. The molecule has 4 rings (SSSR count). The number of allylic oxidation sites excluding steroid dienone is 2. The fourth-order valence-electron chi connectivity index (χ4n) is 3.47. The summed E-state index contributed by atoms with van der Waals surface area (Å²) in [6.45, 7) is 0. The second-order valence-corrected chi connectivity index (χ2v) is 7.28. The first-order valence-corrected chi connectivity index (χ1v) is 9.02. The van der Waals surface area contributed by atoms with Gasteiger partial charge in [0.15, 0.2) is 0 Å². The smallest absolute Gasteiger partial charge is 0.0313 e. The van der Waals surface area contributed by atoms with Crippen LogP contribution in [-0.2, 0) is 0 Å². The summed E-state index contributed by atoms with van der Waals surface area (Å²) < 4.78 is 0. The van der Waals surface area contributed by atoms with E-state index in [1.54, 1.807) is 5.57 Å². The van der Waals surface area contributed by atoms with E-state index in [0.29, 0.717) is 5.25 Å². The topological polar surface area (TPSA) is 0 Å². The standard InChI is InChI=1S/C21H20S/c1-3-9-16(10-4-1)19-15-21(17-11-5-2-6-12-17)22-20-14-8-7-13-18(19)20/h1-6,9-12,15,20H,7-8,13-14H2. The molecule has 0 nitrogen and oxygen atoms in total. The highest BCUT2D eigenvalue weighted by molar-refractivity contribution is 8.09. The second-order valence-electron chi connectivity index (χ2n) is 6.03. The van der Waals surface area contributed by atoms with Crippen molar-refractivity contribution in [1.82, 2.24) is 0 Å². The Balaban J connectivity index is 1.83. The number of thioether (sulfide) groups is 1. The van der Waals surface area contributed by atoms with E-state index in [1.807, 2.05) is 0 Å². The Morgan fingerprint density at radius 2 is 1.45 bits per heavy atom. The van der Waals surface area contributed by atoms with E-state index in [-0.39, 0.29) is 0 Å². The second kappa shape index (κ2) is 6.18. The minimum atomic E-state index is 0.671. The van der Waals surface area contributed by atoms with Gasteiger partial charge < -0.3 is 0 Å². The summed E-state index contributed by atoms with van der Waals surface area (Å²) in [5.41, 5.74) is 5.87. The van der Waals surface area contributed by atoms with Crippen LogP contribution in [-0.4, -0.2) is 5.25 Å². The Hall–Kier alpha value is -1.73. The van der Waals surface area contributed by atoms with Crippen molar-refractivity contribution in [2.45, 2.75) is 30.9 Å². The molecule has 1 heterocycles. The molecule has 1 heteroatoms. The molecule has 0 radical (unpaired) electrons. The molecule has 2 aromatic carbocycles. The number of hydrogen-bond donors (Lipinski definition) is 0. The van der Waals surface area contributed by atoms with E-state index in [1.165, 1.54) is 47.3 Å². The Morgan fingerprint density at radius 3 is 2.18 bits per heavy atom. The predicted octanol–water partition coefficient (Wildman–Crippen LogP) is 6.17. The predicted molar refractivity (Wildman–Crippen MR) is 97.6 cm³/mol. The molecule has 0 bridgehead atoms. The molecule has 1 saturated carbocycles. The molecule has 0 saturated heterocycles. The maximum Gasteiger partial charge on any atom is 0.0313 e. The maximum atomic E-state index is 2.42. The van der Waals surface area contributed by atoms with Crippen molar-refractivity contribution in [3.63, 3.8) is 0 Å². The zero-order chi connectivity index (χ0) is 14.8. The third-order valence-electron chi connectivity index (χ3n) is 4.58. The first-order chi connectivity index (χ1) is 10.9. The minimum absolute atomic E-state index is 0.671. The van der Waals surface area contributed by atoms with Crippen LogP contribution in [0.25, 0.3) is 10.5 Å². The third kappa shape index (κ3) is 2.66. The molecule has 0 N–H and O–H groups in total. The maximum absolute atomic E-state index is 2.42. The third-order valence-corrected chi connectivity index (χ3v) is 6.00. The van der Waals surface area contributed by atoms with Gasteiger partial charge in [0.1, 0.15) is 0 Å². The van der Waals surface area contributed by atoms with Gasteiger partial charge in [-0.1, -0.05) is 67.1 Å². The van der Waals surface area contributed by atoms with Gasteiger partial charge in [0, 0.05) is 10.2 Å². The van der Waals surface area contributed by atoms with E-state index in [2.05, 4.69) is 78.5 Å². The van der Waals surface area contributed by atoms with Crippen LogP contribution in [0, 0.1) is 0 Å². The Kier molecular flexibility index (Phi) is 3.90. The molecular weight excluding hydrogens is 284 g/mol. The molecule has 1 aliphatic carbocycles. The zero-order valence-corrected chi connectivity index (χ0v) is 13.5. The van der Waals surface area contributed by atoms with Gasteiger partial charge in [-0.25, -0.2) is 0 Å². The van der Waals surface area contributed by atoms with Crippen LogP contribution in [0.5, 0.6) is 0 Å². The number of hydrogen-bond acceptors (Lipinski definition) is 1. The van der Waals surface area contributed by atoms with Gasteiger partial charge in [-0.3, -0.25) is 0 Å². The van der Waals surface area contributed by atoms with E-state index in [0.717, 1.165) is 0 Å². The van der Waals surface area contributed by atoms with Gasteiger partial charge >= 0.3 is 0 Å². The molecule has 1 atom stereocenters. The van der Waals surface area contributed by atoms with E-state index in [4.69, 9.17) is 0 Å². The van der Waals surface area contributed by atoms with Gasteiger partial charge in [-0.05, 0) is 47.6 Å². The Bertz CT molecular complexity index is 710. The number of benzene rings is 2. The van der Waals surface area contributed by atoms with E-state index in [9.17, 15) is 0 Å². The monoisotopic (exact) mass is 304 g/mol. The molecule has 0 aromatic heterocycles. The highest BCUT2D eigenvalue weighted by Crippen LogP contribution is 2.48. The highest BCUT2D eigenvalue weighted by Gasteiger charge is 2.27. The first-order valence-electron chi connectivity index (χ1n) is 8.14. The average Bonchev–Trinajstić information content (AvgIpc) is 2.62. The summed E-state index contributed by atoms with van der Waals surface area (Å²) in [7, 11) is 0. The molecule has 1 fully saturated rings. The van der Waals surface area contributed by atoms with Gasteiger partial charge in [-0.15, -0.1) is 11.8 Å². The lowest BCUT2D eigenvalue weighted by Crippen LogP contribution is -2.16. The van der Waals surface area contributed by atoms with Crippen molar-refractivity contribution < 1.29 is 0 Å². The van der Waals surface area contributed by atoms with Crippen LogP contribution in [0.1, 0.15) is 36.8 Å². The van der Waals surface area contributed by atoms with Gasteiger partial charge in [-0.2, -0.15) is 0 Å².